The Morgan fingerprint density at radius 2 is 2.18 bits per heavy atom. The molecular formula is C23H25ClN10O3S. The van der Waals surface area contributed by atoms with Gasteiger partial charge in [-0.3, -0.25) is 0 Å². The van der Waals surface area contributed by atoms with Gasteiger partial charge in [0.1, 0.15) is 6.07 Å². The number of carboxylic acid groups (broad SMARTS) is 1. The fourth-order valence-electron chi connectivity index (χ4n) is 4.20. The van der Waals surface area contributed by atoms with Crippen molar-refractivity contribution in [2.45, 2.75) is 25.5 Å². The zero-order valence-corrected chi connectivity index (χ0v) is 22.2. The maximum Gasteiger partial charge on any atom is 0.404 e. The third kappa shape index (κ3) is 5.78. The highest BCUT2D eigenvalue weighted by Gasteiger charge is 2.32. The number of nitrogens with one attached hydrogen (secondary N) is 3. The maximum atomic E-state index is 11.3. The molecule has 2 aromatic heterocycles. The average Bonchev–Trinajstić information content (AvgIpc) is 3.32. The standard InChI is InChI=1S/C23H25ClN10O3S/c1-3-27-20-21-28-10-14(9-26)34(21)32-22(31-20)29-16-6-13(8-25)7-17(19(16)24)33-5-4-15(30-23(35)36)18(11-33)37-12-38-2/h6-7,10,15,18,30H,3-5,11-12H2,1-2H3,(H,35,36)(H2,27,29,31,32). The van der Waals surface area contributed by atoms with Crippen LogP contribution in [0.3, 0.4) is 0 Å². The van der Waals surface area contributed by atoms with Gasteiger partial charge in [-0.2, -0.15) is 20.0 Å². The molecule has 3 aromatic rings. The summed E-state index contributed by atoms with van der Waals surface area (Å²) in [5, 5.41) is 41.8. The minimum Gasteiger partial charge on any atom is -0.465 e. The molecular weight excluding hydrogens is 532 g/mol. The van der Waals surface area contributed by atoms with Crippen LogP contribution in [0.1, 0.15) is 24.6 Å². The van der Waals surface area contributed by atoms with Crippen molar-refractivity contribution in [3.8, 4) is 12.1 Å². The van der Waals surface area contributed by atoms with Crippen LogP contribution in [-0.2, 0) is 4.74 Å². The van der Waals surface area contributed by atoms with Crippen molar-refractivity contribution in [1.82, 2.24) is 24.9 Å². The van der Waals surface area contributed by atoms with E-state index in [4.69, 9.17) is 16.3 Å². The largest absolute Gasteiger partial charge is 0.465 e. The molecule has 1 aliphatic heterocycles. The molecule has 0 bridgehead atoms. The summed E-state index contributed by atoms with van der Waals surface area (Å²) in [7, 11) is 0. The Labute approximate surface area is 227 Å². The summed E-state index contributed by atoms with van der Waals surface area (Å²) in [5.74, 6) is 0.986. The fourth-order valence-corrected chi connectivity index (χ4v) is 4.78. The summed E-state index contributed by atoms with van der Waals surface area (Å²) in [6, 6.07) is 7.10. The zero-order chi connectivity index (χ0) is 27.2. The van der Waals surface area contributed by atoms with Crippen LogP contribution in [0.15, 0.2) is 18.3 Å². The van der Waals surface area contributed by atoms with E-state index < -0.39 is 12.2 Å². The van der Waals surface area contributed by atoms with E-state index in [1.54, 1.807) is 12.1 Å². The lowest BCUT2D eigenvalue weighted by atomic mass is 10.0. The normalized spacial score (nSPS) is 17.0. The van der Waals surface area contributed by atoms with Crippen LogP contribution < -0.4 is 20.9 Å². The van der Waals surface area contributed by atoms with Gasteiger partial charge in [-0.15, -0.1) is 16.9 Å². The number of rotatable bonds is 9. The fraction of sp³-hybridized carbons (Fsp3) is 0.391. The number of nitriles is 2. The summed E-state index contributed by atoms with van der Waals surface area (Å²) in [6.45, 7) is 3.34. The number of amides is 1. The first-order valence-electron chi connectivity index (χ1n) is 11.6. The van der Waals surface area contributed by atoms with Crippen molar-refractivity contribution in [2.24, 2.45) is 0 Å². The molecule has 38 heavy (non-hydrogen) atoms. The molecule has 2 atom stereocenters. The highest BCUT2D eigenvalue weighted by atomic mass is 35.5. The molecule has 1 aromatic carbocycles. The van der Waals surface area contributed by atoms with Crippen molar-refractivity contribution in [1.29, 1.82) is 10.5 Å². The predicted molar refractivity (Wildman–Crippen MR) is 144 cm³/mol. The smallest absolute Gasteiger partial charge is 0.404 e. The lowest BCUT2D eigenvalue weighted by molar-refractivity contribution is 0.0502. The molecule has 0 spiro atoms. The van der Waals surface area contributed by atoms with Crippen LogP contribution in [0.2, 0.25) is 5.02 Å². The number of ether oxygens (including phenoxy) is 1. The Hall–Kier alpha value is -3.98. The number of imidazole rings is 1. The van der Waals surface area contributed by atoms with Gasteiger partial charge in [0.2, 0.25) is 5.95 Å². The van der Waals surface area contributed by atoms with Crippen LogP contribution in [0.4, 0.5) is 27.9 Å². The number of piperidine rings is 1. The minimum atomic E-state index is -1.11. The first kappa shape index (κ1) is 27.1. The summed E-state index contributed by atoms with van der Waals surface area (Å²) >= 11 is 8.33. The van der Waals surface area contributed by atoms with Crippen molar-refractivity contribution in [2.75, 3.05) is 47.4 Å². The van der Waals surface area contributed by atoms with Crippen LogP contribution in [0, 0.1) is 22.7 Å². The average molecular weight is 557 g/mol. The molecule has 1 aliphatic rings. The van der Waals surface area contributed by atoms with Crippen LogP contribution in [0.25, 0.3) is 5.65 Å². The maximum absolute atomic E-state index is 11.3. The number of carbonyl (C=O) groups is 1. The van der Waals surface area contributed by atoms with Crippen molar-refractivity contribution in [3.63, 3.8) is 0 Å². The zero-order valence-electron chi connectivity index (χ0n) is 20.6. The number of hydrogen-bond donors (Lipinski definition) is 4. The van der Waals surface area contributed by atoms with Gasteiger partial charge in [0.15, 0.2) is 17.2 Å². The molecule has 3 heterocycles. The minimum absolute atomic E-state index is 0.149. The highest BCUT2D eigenvalue weighted by Crippen LogP contribution is 2.37. The quantitative estimate of drug-likeness (QED) is 0.283. The molecule has 13 nitrogen and oxygen atoms in total. The predicted octanol–water partition coefficient (Wildman–Crippen LogP) is 3.25. The molecule has 1 fully saturated rings. The van der Waals surface area contributed by atoms with Crippen molar-refractivity contribution in [3.05, 3.63) is 34.6 Å². The Morgan fingerprint density at radius 3 is 2.87 bits per heavy atom. The molecule has 1 amide bonds. The second-order valence-electron chi connectivity index (χ2n) is 8.30. The number of benzene rings is 1. The van der Waals surface area contributed by atoms with Gasteiger partial charge < -0.3 is 30.7 Å². The summed E-state index contributed by atoms with van der Waals surface area (Å²) < 4.78 is 7.30. The van der Waals surface area contributed by atoms with Crippen LogP contribution in [-0.4, -0.2) is 74.8 Å². The molecule has 4 N–H and O–H groups in total. The first-order chi connectivity index (χ1) is 18.4. The third-order valence-electron chi connectivity index (χ3n) is 5.86. The van der Waals surface area contributed by atoms with Gasteiger partial charge in [-0.05, 0) is 31.7 Å². The number of hydrogen-bond acceptors (Lipinski definition) is 11. The van der Waals surface area contributed by atoms with E-state index in [-0.39, 0.29) is 17.7 Å². The second kappa shape index (κ2) is 12.0. The monoisotopic (exact) mass is 556 g/mol. The van der Waals surface area contributed by atoms with Crippen LogP contribution >= 0.6 is 23.4 Å². The summed E-state index contributed by atoms with van der Waals surface area (Å²) in [6.07, 6.45) is 2.28. The van der Waals surface area contributed by atoms with Gasteiger partial charge in [0.05, 0.1) is 52.3 Å². The highest BCUT2D eigenvalue weighted by molar-refractivity contribution is 7.98. The Kier molecular flexibility index (Phi) is 8.58. The van der Waals surface area contributed by atoms with E-state index in [0.29, 0.717) is 65.4 Å². The molecule has 0 aliphatic carbocycles. The molecule has 4 rings (SSSR count). The van der Waals surface area contributed by atoms with Crippen LogP contribution in [0.5, 0.6) is 0 Å². The number of thioether (sulfide) groups is 1. The SMILES string of the molecule is CCNc1nc(Nc2cc(C#N)cc(N3CCC(NC(=O)O)C(OCSC)C3)c2Cl)nn2c(C#N)cnc12. The van der Waals surface area contributed by atoms with Gasteiger partial charge in [-0.25, -0.2) is 9.78 Å². The number of fused-ring (bicyclic) bond motifs is 1. The molecule has 0 radical (unpaired) electrons. The number of nitrogens with zero attached hydrogens (tertiary/aromatic N) is 7. The van der Waals surface area contributed by atoms with Gasteiger partial charge in [0.25, 0.3) is 0 Å². The Bertz CT molecular complexity index is 1420. The van der Waals surface area contributed by atoms with E-state index in [1.165, 1.54) is 22.5 Å². The topological polar surface area (TPSA) is 177 Å². The van der Waals surface area contributed by atoms with E-state index in [0.717, 1.165) is 0 Å². The summed E-state index contributed by atoms with van der Waals surface area (Å²) in [4.78, 5) is 22.0. The summed E-state index contributed by atoms with van der Waals surface area (Å²) in [5.41, 5.74) is 1.98. The van der Waals surface area contributed by atoms with E-state index >= 15 is 0 Å². The molecule has 2 unspecified atom stereocenters. The van der Waals surface area contributed by atoms with Gasteiger partial charge in [-0.1, -0.05) is 11.6 Å². The second-order valence-corrected chi connectivity index (χ2v) is 9.49. The Morgan fingerprint density at radius 1 is 1.37 bits per heavy atom. The van der Waals surface area contributed by atoms with E-state index in [1.807, 2.05) is 24.1 Å². The lowest BCUT2D eigenvalue weighted by Gasteiger charge is -2.39. The molecule has 198 valence electrons. The molecule has 15 heteroatoms. The van der Waals surface area contributed by atoms with Crippen molar-refractivity contribution < 1.29 is 14.6 Å². The first-order valence-corrected chi connectivity index (χ1v) is 13.4. The third-order valence-corrected chi connectivity index (χ3v) is 6.63. The molecule has 0 saturated carbocycles. The number of aromatic nitrogens is 4. The lowest BCUT2D eigenvalue weighted by Crippen LogP contribution is -2.55. The molecule has 1 saturated heterocycles. The Balaban J connectivity index is 1.68. The van der Waals surface area contributed by atoms with Gasteiger partial charge >= 0.3 is 6.09 Å². The number of anilines is 4. The van der Waals surface area contributed by atoms with Crippen molar-refractivity contribution >= 4 is 58.2 Å². The van der Waals surface area contributed by atoms with E-state index in [2.05, 4.69) is 37.1 Å². The number of halogens is 1. The van der Waals surface area contributed by atoms with E-state index in [9.17, 15) is 20.4 Å². The van der Waals surface area contributed by atoms with Gasteiger partial charge in [0, 0.05) is 19.6 Å².